The first-order valence-electron chi connectivity index (χ1n) is 16.3. The van der Waals surface area contributed by atoms with Gasteiger partial charge in [-0.2, -0.15) is 0 Å². The molecule has 2 N–H and O–H groups in total. The lowest BCUT2D eigenvalue weighted by atomic mass is 10.1. The van der Waals surface area contributed by atoms with Crippen molar-refractivity contribution in [3.8, 4) is 0 Å². The molecule has 0 radical (unpaired) electrons. The van der Waals surface area contributed by atoms with E-state index in [2.05, 4.69) is 13.8 Å². The molecule has 1 aliphatic heterocycles. The maximum atomic E-state index is 10.4. The Morgan fingerprint density at radius 1 is 0.667 bits per heavy atom. The predicted octanol–water partition coefficient (Wildman–Crippen LogP) is 8.79. The predicted molar refractivity (Wildman–Crippen MR) is 171 cm³/mol. The van der Waals surface area contributed by atoms with Crippen LogP contribution in [0.1, 0.15) is 155 Å². The second-order valence-corrected chi connectivity index (χ2v) is 12.3. The average molecular weight is 589 g/mol. The number of aliphatic hydroxyl groups excluding tert-OH is 2. The minimum atomic E-state index is -1.02. The number of thiocarbonyl (C=S) groups is 2. The first-order valence-corrected chi connectivity index (χ1v) is 17.1. The monoisotopic (exact) mass is 588 g/mol. The van der Waals surface area contributed by atoms with Crippen LogP contribution in [0.4, 0.5) is 0 Å². The number of hydrogen-bond donors (Lipinski definition) is 2. The minimum absolute atomic E-state index is 0.0833. The van der Waals surface area contributed by atoms with Crippen molar-refractivity contribution >= 4 is 34.5 Å². The molecule has 1 fully saturated rings. The fourth-order valence-electron chi connectivity index (χ4n) is 5.14. The lowest BCUT2D eigenvalue weighted by molar-refractivity contribution is -0.0600. The van der Waals surface area contributed by atoms with E-state index >= 15 is 0 Å². The number of unbranched alkanes of at least 4 members (excludes halogenated alkanes) is 18. The molecule has 0 aromatic rings. The Bertz CT molecular complexity index is 603. The second kappa shape index (κ2) is 25.4. The normalized spacial score (nSPS) is 19.7. The largest absolute Gasteiger partial charge is 0.483 e. The number of aliphatic hydroxyl groups is 2. The van der Waals surface area contributed by atoms with E-state index in [1.54, 1.807) is 0 Å². The summed E-state index contributed by atoms with van der Waals surface area (Å²) in [5.41, 5.74) is 0. The summed E-state index contributed by atoms with van der Waals surface area (Å²) in [4.78, 5) is 0. The highest BCUT2D eigenvalue weighted by Crippen LogP contribution is 2.22. The number of rotatable bonds is 26. The molecule has 5 nitrogen and oxygen atoms in total. The smallest absolute Gasteiger partial charge is 0.162 e. The van der Waals surface area contributed by atoms with E-state index in [0.717, 1.165) is 32.1 Å². The Morgan fingerprint density at radius 2 is 1.08 bits per heavy atom. The molecule has 0 aliphatic carbocycles. The molecule has 0 bridgehead atoms. The molecule has 0 aromatic carbocycles. The van der Waals surface area contributed by atoms with Crippen LogP contribution in [-0.4, -0.2) is 57.9 Å². The number of hydrogen-bond acceptors (Lipinski definition) is 7. The lowest BCUT2D eigenvalue weighted by Gasteiger charge is -2.27. The fourth-order valence-corrected chi connectivity index (χ4v) is 5.62. The van der Waals surface area contributed by atoms with E-state index in [-0.39, 0.29) is 13.2 Å². The van der Waals surface area contributed by atoms with Gasteiger partial charge in [0.15, 0.2) is 16.2 Å². The van der Waals surface area contributed by atoms with Gasteiger partial charge in [0.1, 0.15) is 24.9 Å². The molecule has 0 amide bonds. The Labute approximate surface area is 251 Å². The van der Waals surface area contributed by atoms with Crippen LogP contribution in [-0.2, 0) is 14.2 Å². The van der Waals surface area contributed by atoms with Crippen LogP contribution in [0.25, 0.3) is 0 Å². The Balaban J connectivity index is 2.23. The van der Waals surface area contributed by atoms with Gasteiger partial charge < -0.3 is 24.4 Å². The van der Waals surface area contributed by atoms with Crippen molar-refractivity contribution < 1.29 is 24.4 Å². The summed E-state index contributed by atoms with van der Waals surface area (Å²) in [5.74, 6) is 0. The molecule has 1 rings (SSSR count). The third kappa shape index (κ3) is 19.4. The summed E-state index contributed by atoms with van der Waals surface area (Å²) in [6.07, 6.45) is 23.8. The van der Waals surface area contributed by atoms with Crippen LogP contribution in [0, 0.1) is 0 Å². The van der Waals surface area contributed by atoms with Gasteiger partial charge in [-0.1, -0.05) is 129 Å². The van der Waals surface area contributed by atoms with Crippen LogP contribution in [0.3, 0.4) is 0 Å². The Kier molecular flexibility index (Phi) is 23.9. The summed E-state index contributed by atoms with van der Waals surface area (Å²) >= 11 is 11.0. The first kappa shape index (κ1) is 36.7. The summed E-state index contributed by atoms with van der Waals surface area (Å²) in [7, 11) is 0. The molecule has 39 heavy (non-hydrogen) atoms. The SMILES string of the molecule is CCCCCCCCCCCCC(=S)OC[C@@H](OC(=S)CCCCCCCCCCCC)[C@H]1OC[C@H](O)[C@H]1O. The highest BCUT2D eigenvalue weighted by molar-refractivity contribution is 7.80. The highest BCUT2D eigenvalue weighted by atomic mass is 32.1. The van der Waals surface area contributed by atoms with Gasteiger partial charge in [0.05, 0.1) is 6.61 Å². The van der Waals surface area contributed by atoms with Gasteiger partial charge in [0.25, 0.3) is 0 Å². The molecular weight excluding hydrogens is 528 g/mol. The lowest BCUT2D eigenvalue weighted by Crippen LogP contribution is -2.43. The maximum absolute atomic E-state index is 10.4. The van der Waals surface area contributed by atoms with Crippen LogP contribution in [0.5, 0.6) is 0 Å². The minimum Gasteiger partial charge on any atom is -0.483 e. The van der Waals surface area contributed by atoms with Crippen molar-refractivity contribution in [2.24, 2.45) is 0 Å². The zero-order valence-electron chi connectivity index (χ0n) is 25.2. The van der Waals surface area contributed by atoms with Crippen LogP contribution in [0.2, 0.25) is 0 Å². The van der Waals surface area contributed by atoms with Crippen LogP contribution in [0.15, 0.2) is 0 Å². The van der Waals surface area contributed by atoms with E-state index < -0.39 is 24.4 Å². The summed E-state index contributed by atoms with van der Waals surface area (Å²) in [5, 5.41) is 21.4. The fraction of sp³-hybridized carbons (Fsp3) is 0.938. The highest BCUT2D eigenvalue weighted by Gasteiger charge is 2.41. The van der Waals surface area contributed by atoms with E-state index in [1.165, 1.54) is 103 Å². The molecule has 0 saturated carbocycles. The molecule has 0 unspecified atom stereocenters. The Morgan fingerprint density at radius 3 is 1.49 bits per heavy atom. The van der Waals surface area contributed by atoms with Gasteiger partial charge in [0, 0.05) is 12.8 Å². The van der Waals surface area contributed by atoms with E-state index in [4.69, 9.17) is 38.6 Å². The average Bonchev–Trinajstić information content (AvgIpc) is 3.26. The van der Waals surface area contributed by atoms with Gasteiger partial charge in [-0.05, 0) is 37.3 Å². The van der Waals surface area contributed by atoms with E-state index in [9.17, 15) is 10.2 Å². The van der Waals surface area contributed by atoms with Gasteiger partial charge >= 0.3 is 0 Å². The van der Waals surface area contributed by atoms with Gasteiger partial charge in [-0.15, -0.1) is 0 Å². The standard InChI is InChI=1S/C32H60O5S2/c1-3-5-7-9-11-13-15-17-19-21-23-29(38)35-26-28(32-31(34)27(33)25-36-32)37-30(39)24-22-20-18-16-14-12-10-8-6-4-2/h27-28,31-34H,3-26H2,1-2H3/t27-,28+,31+,32+/m0/s1. The van der Waals surface area contributed by atoms with Gasteiger partial charge in [-0.3, -0.25) is 0 Å². The molecule has 230 valence electrons. The van der Waals surface area contributed by atoms with Crippen molar-refractivity contribution in [1.82, 2.24) is 0 Å². The maximum Gasteiger partial charge on any atom is 0.162 e. The molecule has 1 aliphatic rings. The molecular formula is C32H60O5S2. The van der Waals surface area contributed by atoms with Crippen LogP contribution >= 0.6 is 24.4 Å². The molecule has 4 atom stereocenters. The van der Waals surface area contributed by atoms with Gasteiger partial charge in [0.2, 0.25) is 0 Å². The zero-order chi connectivity index (χ0) is 28.6. The van der Waals surface area contributed by atoms with Crippen molar-refractivity contribution in [1.29, 1.82) is 0 Å². The van der Waals surface area contributed by atoms with Crippen molar-refractivity contribution in [3.63, 3.8) is 0 Å². The third-order valence-electron chi connectivity index (χ3n) is 7.72. The molecule has 0 spiro atoms. The Hall–Kier alpha value is -0.340. The number of ether oxygens (including phenoxy) is 3. The quantitative estimate of drug-likeness (QED) is 0.0773. The van der Waals surface area contributed by atoms with E-state index in [0.29, 0.717) is 16.5 Å². The summed E-state index contributed by atoms with van der Waals surface area (Å²) in [6, 6.07) is 0. The van der Waals surface area contributed by atoms with Crippen LogP contribution < -0.4 is 0 Å². The van der Waals surface area contributed by atoms with Gasteiger partial charge in [-0.25, -0.2) is 0 Å². The van der Waals surface area contributed by atoms with E-state index in [1.807, 2.05) is 0 Å². The summed E-state index contributed by atoms with van der Waals surface area (Å²) in [6.45, 7) is 4.76. The molecule has 7 heteroatoms. The topological polar surface area (TPSA) is 68.2 Å². The first-order chi connectivity index (χ1) is 19.0. The second-order valence-electron chi connectivity index (χ2n) is 11.4. The van der Waals surface area contributed by atoms with Crippen molar-refractivity contribution in [2.45, 2.75) is 180 Å². The molecule has 1 heterocycles. The van der Waals surface area contributed by atoms with Crippen molar-refractivity contribution in [3.05, 3.63) is 0 Å². The third-order valence-corrected chi connectivity index (χ3v) is 8.34. The zero-order valence-corrected chi connectivity index (χ0v) is 26.8. The molecule has 0 aromatic heterocycles. The van der Waals surface area contributed by atoms with Crippen molar-refractivity contribution in [2.75, 3.05) is 13.2 Å². The molecule has 1 saturated heterocycles. The summed E-state index contributed by atoms with van der Waals surface area (Å²) < 4.78 is 17.5.